The van der Waals surface area contributed by atoms with Crippen molar-refractivity contribution in [2.75, 3.05) is 44.7 Å². The summed E-state index contributed by atoms with van der Waals surface area (Å²) in [5, 5.41) is 2.91. The first-order valence-electron chi connectivity index (χ1n) is 6.45. The van der Waals surface area contributed by atoms with E-state index in [0.29, 0.717) is 6.54 Å². The Morgan fingerprint density at radius 3 is 2.50 bits per heavy atom. The van der Waals surface area contributed by atoms with Crippen molar-refractivity contribution in [1.29, 1.82) is 0 Å². The number of hydrogen-bond donors (Lipinski definition) is 1. The van der Waals surface area contributed by atoms with Gasteiger partial charge in [-0.1, -0.05) is 18.2 Å². The molecule has 1 aromatic carbocycles. The Bertz CT molecular complexity index is 411. The van der Waals surface area contributed by atoms with Crippen molar-refractivity contribution in [2.45, 2.75) is 6.92 Å². The Morgan fingerprint density at radius 1 is 1.22 bits per heavy atom. The molecule has 1 saturated heterocycles. The van der Waals surface area contributed by atoms with Crippen molar-refractivity contribution in [2.24, 2.45) is 0 Å². The monoisotopic (exact) mass is 247 g/mol. The zero-order valence-electron chi connectivity index (χ0n) is 11.1. The SMILES string of the molecule is CNCC(=O)N1CCN(c2ccccc2C)CC1. The molecule has 0 aromatic heterocycles. The van der Waals surface area contributed by atoms with E-state index >= 15 is 0 Å². The predicted octanol–water partition coefficient (Wildman–Crippen LogP) is 0.863. The first-order valence-corrected chi connectivity index (χ1v) is 6.45. The molecule has 1 N–H and O–H groups in total. The lowest BCUT2D eigenvalue weighted by molar-refractivity contribution is -0.130. The molecule has 0 unspecified atom stereocenters. The number of amides is 1. The molecule has 1 aliphatic heterocycles. The van der Waals surface area contributed by atoms with Crippen molar-refractivity contribution >= 4 is 11.6 Å². The Morgan fingerprint density at radius 2 is 1.89 bits per heavy atom. The van der Waals surface area contributed by atoms with E-state index in [9.17, 15) is 4.79 Å². The molecule has 0 saturated carbocycles. The van der Waals surface area contributed by atoms with Crippen LogP contribution in [0.25, 0.3) is 0 Å². The minimum Gasteiger partial charge on any atom is -0.368 e. The predicted molar refractivity (Wildman–Crippen MR) is 73.9 cm³/mol. The number of nitrogens with one attached hydrogen (secondary N) is 1. The Kier molecular flexibility index (Phi) is 4.20. The fraction of sp³-hybridized carbons (Fsp3) is 0.500. The molecule has 98 valence electrons. The topological polar surface area (TPSA) is 35.6 Å². The lowest BCUT2D eigenvalue weighted by atomic mass is 10.1. The Labute approximate surface area is 109 Å². The van der Waals surface area contributed by atoms with Crippen molar-refractivity contribution in [3.8, 4) is 0 Å². The van der Waals surface area contributed by atoms with Gasteiger partial charge in [0.05, 0.1) is 6.54 Å². The van der Waals surface area contributed by atoms with E-state index < -0.39 is 0 Å². The fourth-order valence-corrected chi connectivity index (χ4v) is 2.38. The zero-order chi connectivity index (χ0) is 13.0. The van der Waals surface area contributed by atoms with Gasteiger partial charge in [0.25, 0.3) is 0 Å². The van der Waals surface area contributed by atoms with Crippen LogP contribution in [-0.2, 0) is 4.79 Å². The number of piperazine rings is 1. The highest BCUT2D eigenvalue weighted by Crippen LogP contribution is 2.20. The molecular formula is C14H21N3O. The van der Waals surface area contributed by atoms with E-state index in [1.807, 2.05) is 11.9 Å². The second-order valence-corrected chi connectivity index (χ2v) is 4.68. The van der Waals surface area contributed by atoms with Gasteiger partial charge in [-0.25, -0.2) is 0 Å². The fourth-order valence-electron chi connectivity index (χ4n) is 2.38. The van der Waals surface area contributed by atoms with Crippen molar-refractivity contribution in [1.82, 2.24) is 10.2 Å². The number of aryl methyl sites for hydroxylation is 1. The van der Waals surface area contributed by atoms with Crippen LogP contribution in [0.1, 0.15) is 5.56 Å². The highest BCUT2D eigenvalue weighted by atomic mass is 16.2. The van der Waals surface area contributed by atoms with Gasteiger partial charge in [-0.05, 0) is 25.6 Å². The summed E-state index contributed by atoms with van der Waals surface area (Å²) in [6, 6.07) is 8.42. The van der Waals surface area contributed by atoms with Crippen LogP contribution in [0, 0.1) is 6.92 Å². The van der Waals surface area contributed by atoms with Crippen molar-refractivity contribution in [3.05, 3.63) is 29.8 Å². The molecule has 1 aliphatic rings. The minimum absolute atomic E-state index is 0.196. The molecule has 0 aliphatic carbocycles. The van der Waals surface area contributed by atoms with Gasteiger partial charge in [0.1, 0.15) is 0 Å². The third-order valence-electron chi connectivity index (χ3n) is 3.42. The van der Waals surface area contributed by atoms with E-state index in [1.165, 1.54) is 11.3 Å². The maximum atomic E-state index is 11.8. The van der Waals surface area contributed by atoms with E-state index in [2.05, 4.69) is 41.4 Å². The lowest BCUT2D eigenvalue weighted by Gasteiger charge is -2.36. The van der Waals surface area contributed by atoms with E-state index in [-0.39, 0.29) is 5.91 Å². The van der Waals surface area contributed by atoms with Gasteiger partial charge in [0.15, 0.2) is 0 Å². The summed E-state index contributed by atoms with van der Waals surface area (Å²) in [6.07, 6.45) is 0. The zero-order valence-corrected chi connectivity index (χ0v) is 11.1. The number of nitrogens with zero attached hydrogens (tertiary/aromatic N) is 2. The molecule has 1 fully saturated rings. The highest BCUT2D eigenvalue weighted by Gasteiger charge is 2.21. The molecular weight excluding hydrogens is 226 g/mol. The molecule has 0 bridgehead atoms. The number of rotatable bonds is 3. The Balaban J connectivity index is 1.95. The maximum absolute atomic E-state index is 11.8. The van der Waals surface area contributed by atoms with E-state index in [1.54, 1.807) is 0 Å². The van der Waals surface area contributed by atoms with Crippen LogP contribution >= 0.6 is 0 Å². The van der Waals surface area contributed by atoms with Gasteiger partial charge in [-0.3, -0.25) is 4.79 Å². The van der Waals surface area contributed by atoms with Gasteiger partial charge < -0.3 is 15.1 Å². The average Bonchev–Trinajstić information content (AvgIpc) is 2.40. The number of anilines is 1. The van der Waals surface area contributed by atoms with Gasteiger partial charge in [-0.15, -0.1) is 0 Å². The summed E-state index contributed by atoms with van der Waals surface area (Å²) >= 11 is 0. The Hall–Kier alpha value is -1.55. The summed E-state index contributed by atoms with van der Waals surface area (Å²) in [6.45, 7) is 6.03. The number of hydrogen-bond acceptors (Lipinski definition) is 3. The average molecular weight is 247 g/mol. The van der Waals surface area contributed by atoms with Gasteiger partial charge in [0, 0.05) is 31.9 Å². The van der Waals surface area contributed by atoms with Crippen LogP contribution in [0.3, 0.4) is 0 Å². The van der Waals surface area contributed by atoms with Gasteiger partial charge in [-0.2, -0.15) is 0 Å². The summed E-state index contributed by atoms with van der Waals surface area (Å²) in [5.41, 5.74) is 2.59. The summed E-state index contributed by atoms with van der Waals surface area (Å²) in [5.74, 6) is 0.196. The van der Waals surface area contributed by atoms with Crippen LogP contribution < -0.4 is 10.2 Å². The normalized spacial score (nSPS) is 15.9. The molecule has 2 rings (SSSR count). The molecule has 1 aromatic rings. The molecule has 4 heteroatoms. The van der Waals surface area contributed by atoms with Crippen LogP contribution in [0.2, 0.25) is 0 Å². The second kappa shape index (κ2) is 5.87. The number of benzene rings is 1. The maximum Gasteiger partial charge on any atom is 0.236 e. The molecule has 1 amide bonds. The summed E-state index contributed by atoms with van der Waals surface area (Å²) in [4.78, 5) is 16.0. The van der Waals surface area contributed by atoms with Crippen LogP contribution in [-0.4, -0.2) is 50.6 Å². The molecule has 0 spiro atoms. The van der Waals surface area contributed by atoms with Gasteiger partial charge >= 0.3 is 0 Å². The first kappa shape index (κ1) is 12.9. The molecule has 18 heavy (non-hydrogen) atoms. The third-order valence-corrected chi connectivity index (χ3v) is 3.42. The number of likely N-dealkylation sites (N-methyl/N-ethyl adjacent to an activating group) is 1. The third kappa shape index (κ3) is 2.82. The number of carbonyl (C=O) groups is 1. The van der Waals surface area contributed by atoms with Crippen LogP contribution in [0.15, 0.2) is 24.3 Å². The quantitative estimate of drug-likeness (QED) is 0.860. The standard InChI is InChI=1S/C14H21N3O/c1-12-5-3-4-6-13(12)16-7-9-17(10-8-16)14(18)11-15-2/h3-6,15H,7-11H2,1-2H3. The van der Waals surface area contributed by atoms with Crippen LogP contribution in [0.4, 0.5) is 5.69 Å². The first-order chi connectivity index (χ1) is 8.72. The smallest absolute Gasteiger partial charge is 0.236 e. The minimum atomic E-state index is 0.196. The molecule has 0 radical (unpaired) electrons. The lowest BCUT2D eigenvalue weighted by Crippen LogP contribution is -2.50. The number of para-hydroxylation sites is 1. The molecule has 4 nitrogen and oxygen atoms in total. The van der Waals surface area contributed by atoms with E-state index in [0.717, 1.165) is 26.2 Å². The number of carbonyl (C=O) groups excluding carboxylic acids is 1. The molecule has 0 atom stereocenters. The highest BCUT2D eigenvalue weighted by molar-refractivity contribution is 5.78. The van der Waals surface area contributed by atoms with Crippen LogP contribution in [0.5, 0.6) is 0 Å². The largest absolute Gasteiger partial charge is 0.368 e. The summed E-state index contributed by atoms with van der Waals surface area (Å²) < 4.78 is 0. The van der Waals surface area contributed by atoms with E-state index in [4.69, 9.17) is 0 Å². The second-order valence-electron chi connectivity index (χ2n) is 4.68. The van der Waals surface area contributed by atoms with Crippen molar-refractivity contribution < 1.29 is 4.79 Å². The summed E-state index contributed by atoms with van der Waals surface area (Å²) in [7, 11) is 1.81. The van der Waals surface area contributed by atoms with Crippen molar-refractivity contribution in [3.63, 3.8) is 0 Å². The molecule has 1 heterocycles. The van der Waals surface area contributed by atoms with Gasteiger partial charge in [0.2, 0.25) is 5.91 Å².